The van der Waals surface area contributed by atoms with Crippen molar-refractivity contribution in [1.29, 1.82) is 0 Å². The molecule has 0 atom stereocenters. The lowest BCUT2D eigenvalue weighted by atomic mass is 10.2. The van der Waals surface area contributed by atoms with Crippen LogP contribution in [0.2, 0.25) is 4.34 Å². The van der Waals surface area contributed by atoms with Gasteiger partial charge in [0.2, 0.25) is 5.91 Å². The summed E-state index contributed by atoms with van der Waals surface area (Å²) in [4.78, 5) is 26.3. The number of para-hydroxylation sites is 2. The number of benzene rings is 1. The van der Waals surface area contributed by atoms with E-state index >= 15 is 0 Å². The van der Waals surface area contributed by atoms with E-state index in [0.29, 0.717) is 15.7 Å². The summed E-state index contributed by atoms with van der Waals surface area (Å²) in [6.07, 6.45) is 3.16. The highest BCUT2D eigenvalue weighted by Crippen LogP contribution is 2.29. The molecular weight excluding hydrogens is 308 g/mol. The van der Waals surface area contributed by atoms with E-state index in [1.807, 2.05) is 24.3 Å². The number of rotatable bonds is 2. The molecule has 106 valence electrons. The van der Waals surface area contributed by atoms with E-state index in [1.165, 1.54) is 22.3 Å². The van der Waals surface area contributed by atoms with Crippen molar-refractivity contribution in [3.05, 3.63) is 51.7 Å². The van der Waals surface area contributed by atoms with Crippen LogP contribution in [0.25, 0.3) is 6.08 Å². The number of carbonyl (C=O) groups excluding carboxylic acids is 2. The Kier molecular flexibility index (Phi) is 3.77. The quantitative estimate of drug-likeness (QED) is 0.863. The van der Waals surface area contributed by atoms with Crippen LogP contribution in [0.4, 0.5) is 11.4 Å². The van der Waals surface area contributed by atoms with Gasteiger partial charge in [0.05, 0.1) is 15.7 Å². The molecule has 1 aliphatic rings. The summed E-state index contributed by atoms with van der Waals surface area (Å²) in [7, 11) is 0. The second kappa shape index (κ2) is 5.71. The Labute approximate surface area is 130 Å². The topological polar surface area (TPSA) is 49.4 Å². The summed E-state index contributed by atoms with van der Waals surface area (Å²) >= 11 is 7.24. The monoisotopic (exact) mass is 318 g/mol. The zero-order valence-electron chi connectivity index (χ0n) is 10.9. The lowest BCUT2D eigenvalue weighted by Gasteiger charge is -2.28. The number of anilines is 2. The fourth-order valence-electron chi connectivity index (χ4n) is 2.09. The van der Waals surface area contributed by atoms with Crippen LogP contribution in [-0.2, 0) is 9.59 Å². The molecule has 0 fully saturated rings. The van der Waals surface area contributed by atoms with Crippen LogP contribution in [-0.4, -0.2) is 18.4 Å². The number of nitrogens with one attached hydrogen (secondary N) is 1. The third kappa shape index (κ3) is 2.99. The molecule has 0 bridgehead atoms. The average Bonchev–Trinajstić information content (AvgIpc) is 2.89. The van der Waals surface area contributed by atoms with E-state index in [0.717, 1.165) is 4.88 Å². The predicted molar refractivity (Wildman–Crippen MR) is 85.8 cm³/mol. The standard InChI is InChI=1S/C15H11ClN2O2S/c16-13-7-5-10(21-13)6-8-15(20)18-9-14(19)17-11-3-1-2-4-12(11)18/h1-8H,9H2,(H,17,19). The van der Waals surface area contributed by atoms with Crippen LogP contribution >= 0.6 is 22.9 Å². The Bertz CT molecular complexity index is 739. The van der Waals surface area contributed by atoms with Gasteiger partial charge in [-0.25, -0.2) is 0 Å². The number of halogens is 1. The molecular formula is C15H11ClN2O2S. The minimum atomic E-state index is -0.234. The number of carbonyl (C=O) groups is 2. The van der Waals surface area contributed by atoms with Crippen molar-refractivity contribution in [2.45, 2.75) is 0 Å². The Hall–Kier alpha value is -2.11. The molecule has 1 aromatic carbocycles. The van der Waals surface area contributed by atoms with Gasteiger partial charge < -0.3 is 5.32 Å². The predicted octanol–water partition coefficient (Wildman–Crippen LogP) is 3.40. The van der Waals surface area contributed by atoms with Crippen molar-refractivity contribution < 1.29 is 9.59 Å². The van der Waals surface area contributed by atoms with Crippen molar-refractivity contribution in [2.24, 2.45) is 0 Å². The lowest BCUT2D eigenvalue weighted by Crippen LogP contribution is -2.41. The Morgan fingerprint density at radius 3 is 2.86 bits per heavy atom. The van der Waals surface area contributed by atoms with Crippen LogP contribution in [0.3, 0.4) is 0 Å². The average molecular weight is 319 g/mol. The van der Waals surface area contributed by atoms with Gasteiger partial charge in [-0.2, -0.15) is 0 Å². The SMILES string of the molecule is O=C1CN(C(=O)C=Cc2ccc(Cl)s2)c2ccccc2N1. The van der Waals surface area contributed by atoms with E-state index in [-0.39, 0.29) is 18.4 Å². The van der Waals surface area contributed by atoms with E-state index in [1.54, 1.807) is 18.2 Å². The van der Waals surface area contributed by atoms with Gasteiger partial charge in [0.15, 0.2) is 0 Å². The van der Waals surface area contributed by atoms with Gasteiger partial charge in [0.1, 0.15) is 6.54 Å². The molecule has 0 saturated heterocycles. The molecule has 0 radical (unpaired) electrons. The van der Waals surface area contributed by atoms with Crippen LogP contribution in [0.15, 0.2) is 42.5 Å². The van der Waals surface area contributed by atoms with E-state index in [2.05, 4.69) is 5.32 Å². The normalized spacial score (nSPS) is 14.1. The minimum Gasteiger partial charge on any atom is -0.323 e. The Balaban J connectivity index is 1.85. The molecule has 6 heteroatoms. The first-order valence-electron chi connectivity index (χ1n) is 6.27. The molecule has 0 aliphatic carbocycles. The number of amides is 2. The molecule has 3 rings (SSSR count). The molecule has 4 nitrogen and oxygen atoms in total. The van der Waals surface area contributed by atoms with Gasteiger partial charge in [0, 0.05) is 11.0 Å². The fourth-order valence-corrected chi connectivity index (χ4v) is 3.05. The summed E-state index contributed by atoms with van der Waals surface area (Å²) in [6, 6.07) is 10.8. The summed E-state index contributed by atoms with van der Waals surface area (Å²) in [5.74, 6) is -0.434. The fraction of sp³-hybridized carbons (Fsp3) is 0.0667. The maximum atomic E-state index is 12.3. The van der Waals surface area contributed by atoms with Gasteiger partial charge >= 0.3 is 0 Å². The van der Waals surface area contributed by atoms with Gasteiger partial charge in [-0.1, -0.05) is 23.7 Å². The van der Waals surface area contributed by atoms with Crippen LogP contribution < -0.4 is 10.2 Å². The van der Waals surface area contributed by atoms with Crippen molar-refractivity contribution >= 4 is 52.2 Å². The first-order valence-corrected chi connectivity index (χ1v) is 7.47. The number of thiophene rings is 1. The van der Waals surface area contributed by atoms with Crippen LogP contribution in [0.5, 0.6) is 0 Å². The van der Waals surface area contributed by atoms with Crippen molar-refractivity contribution in [2.75, 3.05) is 16.8 Å². The van der Waals surface area contributed by atoms with Gasteiger partial charge in [-0.15, -0.1) is 11.3 Å². The molecule has 0 unspecified atom stereocenters. The smallest absolute Gasteiger partial charge is 0.251 e. The highest BCUT2D eigenvalue weighted by atomic mass is 35.5. The molecule has 1 aliphatic heterocycles. The van der Waals surface area contributed by atoms with Crippen LogP contribution in [0, 0.1) is 0 Å². The number of nitrogens with zero attached hydrogens (tertiary/aromatic N) is 1. The molecule has 2 amide bonds. The van der Waals surface area contributed by atoms with Crippen molar-refractivity contribution in [1.82, 2.24) is 0 Å². The third-order valence-corrected chi connectivity index (χ3v) is 4.22. The third-order valence-electron chi connectivity index (χ3n) is 3.02. The molecule has 0 saturated carbocycles. The zero-order chi connectivity index (χ0) is 14.8. The highest BCUT2D eigenvalue weighted by Gasteiger charge is 2.25. The van der Waals surface area contributed by atoms with Gasteiger partial charge in [0.25, 0.3) is 5.91 Å². The summed E-state index contributed by atoms with van der Waals surface area (Å²) in [6.45, 7) is 0.0192. The van der Waals surface area contributed by atoms with E-state index < -0.39 is 0 Å². The first kappa shape index (κ1) is 13.9. The highest BCUT2D eigenvalue weighted by molar-refractivity contribution is 7.17. The number of hydrogen-bond donors (Lipinski definition) is 1. The molecule has 2 heterocycles. The maximum Gasteiger partial charge on any atom is 0.251 e. The van der Waals surface area contributed by atoms with Gasteiger partial charge in [-0.3, -0.25) is 14.5 Å². The van der Waals surface area contributed by atoms with Crippen molar-refractivity contribution in [3.63, 3.8) is 0 Å². The van der Waals surface area contributed by atoms with E-state index in [9.17, 15) is 9.59 Å². The summed E-state index contributed by atoms with van der Waals surface area (Å²) < 4.78 is 0.671. The molecule has 1 N–H and O–H groups in total. The van der Waals surface area contributed by atoms with Crippen molar-refractivity contribution in [3.8, 4) is 0 Å². The number of fused-ring (bicyclic) bond motifs is 1. The molecule has 0 spiro atoms. The molecule has 21 heavy (non-hydrogen) atoms. The maximum absolute atomic E-state index is 12.3. The zero-order valence-corrected chi connectivity index (χ0v) is 12.4. The second-order valence-corrected chi connectivity index (χ2v) is 6.21. The van der Waals surface area contributed by atoms with E-state index in [4.69, 9.17) is 11.6 Å². The summed E-state index contributed by atoms with van der Waals surface area (Å²) in [5, 5.41) is 2.75. The molecule has 2 aromatic rings. The van der Waals surface area contributed by atoms with Gasteiger partial charge in [-0.05, 0) is 30.3 Å². The Morgan fingerprint density at radius 2 is 2.10 bits per heavy atom. The first-order chi connectivity index (χ1) is 10.1. The molecule has 1 aromatic heterocycles. The minimum absolute atomic E-state index is 0.0192. The number of hydrogen-bond acceptors (Lipinski definition) is 3. The summed E-state index contributed by atoms with van der Waals surface area (Å²) in [5.41, 5.74) is 1.35. The lowest BCUT2D eigenvalue weighted by molar-refractivity contribution is -0.119. The second-order valence-electron chi connectivity index (χ2n) is 4.46. The largest absolute Gasteiger partial charge is 0.323 e. The van der Waals surface area contributed by atoms with Crippen LogP contribution in [0.1, 0.15) is 4.88 Å². The Morgan fingerprint density at radius 1 is 1.29 bits per heavy atom.